The van der Waals surface area contributed by atoms with Crippen LogP contribution in [0.1, 0.15) is 60.6 Å². The predicted octanol–water partition coefficient (Wildman–Crippen LogP) is 4.58. The van der Waals surface area contributed by atoms with Gasteiger partial charge >= 0.3 is 6.18 Å². The molecule has 2 aliphatic heterocycles. The van der Waals surface area contributed by atoms with Crippen molar-refractivity contribution in [1.29, 1.82) is 0 Å². The van der Waals surface area contributed by atoms with E-state index < -0.39 is 11.7 Å². The van der Waals surface area contributed by atoms with Crippen LogP contribution < -0.4 is 10.6 Å². The highest BCUT2D eigenvalue weighted by atomic mass is 35.5. The van der Waals surface area contributed by atoms with Crippen LogP contribution in [-0.4, -0.2) is 78.5 Å². The molecule has 2 aromatic rings. The van der Waals surface area contributed by atoms with Gasteiger partial charge in [-0.3, -0.25) is 14.5 Å². The quantitative estimate of drug-likeness (QED) is 0.502. The Kier molecular flexibility index (Phi) is 9.85. The molecule has 40 heavy (non-hydrogen) atoms. The maximum atomic E-state index is 13.4. The zero-order chi connectivity index (χ0) is 27.6. The molecule has 220 valence electrons. The molecule has 2 amide bonds. The second-order valence-corrected chi connectivity index (χ2v) is 11.3. The summed E-state index contributed by atoms with van der Waals surface area (Å²) in [6.07, 6.45) is 3.32. The highest BCUT2D eigenvalue weighted by molar-refractivity contribution is 5.95. The first-order valence-electron chi connectivity index (χ1n) is 14.1. The van der Waals surface area contributed by atoms with Crippen LogP contribution in [0, 0.1) is 5.92 Å². The number of amides is 2. The van der Waals surface area contributed by atoms with E-state index in [4.69, 9.17) is 0 Å². The van der Waals surface area contributed by atoms with Crippen molar-refractivity contribution in [3.8, 4) is 11.1 Å². The number of aromatic nitrogens is 1. The Labute approximate surface area is 239 Å². The third kappa shape index (κ3) is 7.19. The number of nitrogens with zero attached hydrogens (tertiary/aromatic N) is 3. The van der Waals surface area contributed by atoms with Crippen LogP contribution in [0.25, 0.3) is 11.1 Å². The van der Waals surface area contributed by atoms with Crippen molar-refractivity contribution in [2.45, 2.75) is 56.8 Å². The molecule has 1 saturated heterocycles. The third-order valence-electron chi connectivity index (χ3n) is 8.53. The Morgan fingerprint density at radius 3 is 2.50 bits per heavy atom. The molecule has 3 aliphatic rings. The highest BCUT2D eigenvalue weighted by Crippen LogP contribution is 2.34. The fourth-order valence-corrected chi connectivity index (χ4v) is 6.20. The molecule has 0 bridgehead atoms. The van der Waals surface area contributed by atoms with Crippen LogP contribution in [0.4, 0.5) is 13.2 Å². The Morgan fingerprint density at radius 2 is 1.80 bits per heavy atom. The molecule has 11 heteroatoms. The Hall–Kier alpha value is -2.56. The zero-order valence-electron chi connectivity index (χ0n) is 22.9. The van der Waals surface area contributed by atoms with Gasteiger partial charge in [-0.15, -0.1) is 12.4 Å². The molecule has 0 radical (unpaired) electrons. The topological polar surface area (TPSA) is 69.6 Å². The standard InChI is InChI=1S/C29H38F3N5O2.ClH/c1-35-10-12-36(13-11-35)19-25(20-6-3-2-4-7-20)34-27(38)16-24-17-33-28(39)26-15-22(18-37(24)26)21-8-5-9-23(14-21)29(30,31)32;/h5,8-9,14-15,18,20,24-25H,2-4,6-7,10-13,16-17,19H2,1H3,(H,33,39)(H,34,38);1H/t24-,25+;/m0./s1. The van der Waals surface area contributed by atoms with E-state index in [0.717, 1.165) is 57.7 Å². The molecule has 5 rings (SSSR count). The maximum absolute atomic E-state index is 13.4. The van der Waals surface area contributed by atoms with Gasteiger partial charge in [-0.25, -0.2) is 0 Å². The minimum atomic E-state index is -4.45. The summed E-state index contributed by atoms with van der Waals surface area (Å²) in [5.41, 5.74) is 0.521. The van der Waals surface area contributed by atoms with Gasteiger partial charge in [-0.2, -0.15) is 13.2 Å². The van der Waals surface area contributed by atoms with E-state index in [1.165, 1.54) is 25.3 Å². The molecular weight excluding hydrogens is 543 g/mol. The number of nitrogens with one attached hydrogen (secondary N) is 2. The fourth-order valence-electron chi connectivity index (χ4n) is 6.20. The first-order valence-corrected chi connectivity index (χ1v) is 14.1. The Balaban J connectivity index is 0.00000370. The van der Waals surface area contributed by atoms with Crippen LogP contribution in [0.5, 0.6) is 0 Å². The van der Waals surface area contributed by atoms with Crippen molar-refractivity contribution in [2.75, 3.05) is 46.3 Å². The van der Waals surface area contributed by atoms with E-state index in [9.17, 15) is 22.8 Å². The number of hydrogen-bond donors (Lipinski definition) is 2. The summed E-state index contributed by atoms with van der Waals surface area (Å²) in [6.45, 7) is 5.18. The molecule has 1 aromatic carbocycles. The molecule has 2 atom stereocenters. The third-order valence-corrected chi connectivity index (χ3v) is 8.53. The van der Waals surface area contributed by atoms with Crippen molar-refractivity contribution in [3.05, 3.63) is 47.8 Å². The maximum Gasteiger partial charge on any atom is 0.416 e. The minimum Gasteiger partial charge on any atom is -0.352 e. The van der Waals surface area contributed by atoms with Gasteiger partial charge in [-0.05, 0) is 49.6 Å². The van der Waals surface area contributed by atoms with Crippen LogP contribution in [0.3, 0.4) is 0 Å². The van der Waals surface area contributed by atoms with Crippen LogP contribution in [0.2, 0.25) is 0 Å². The summed E-state index contributed by atoms with van der Waals surface area (Å²) >= 11 is 0. The van der Waals surface area contributed by atoms with Crippen LogP contribution in [-0.2, 0) is 11.0 Å². The van der Waals surface area contributed by atoms with Crippen molar-refractivity contribution in [2.24, 2.45) is 5.92 Å². The number of rotatable bonds is 7. The van der Waals surface area contributed by atoms with E-state index >= 15 is 0 Å². The molecular formula is C29H39ClF3N5O2. The van der Waals surface area contributed by atoms with E-state index in [1.807, 2.05) is 0 Å². The largest absolute Gasteiger partial charge is 0.416 e. The second kappa shape index (κ2) is 13.0. The summed E-state index contributed by atoms with van der Waals surface area (Å²) in [5, 5.41) is 6.20. The van der Waals surface area contributed by atoms with E-state index in [1.54, 1.807) is 22.9 Å². The van der Waals surface area contributed by atoms with E-state index in [2.05, 4.69) is 27.5 Å². The van der Waals surface area contributed by atoms with Crippen molar-refractivity contribution < 1.29 is 22.8 Å². The van der Waals surface area contributed by atoms with Gasteiger partial charge in [-0.1, -0.05) is 31.4 Å². The van der Waals surface area contributed by atoms with E-state index in [0.29, 0.717) is 29.3 Å². The summed E-state index contributed by atoms with van der Waals surface area (Å²) < 4.78 is 41.5. The number of carbonyl (C=O) groups is 2. The minimum absolute atomic E-state index is 0. The van der Waals surface area contributed by atoms with Crippen LogP contribution in [0.15, 0.2) is 36.5 Å². The van der Waals surface area contributed by atoms with Gasteiger partial charge < -0.3 is 20.1 Å². The number of piperazine rings is 1. The molecule has 1 saturated carbocycles. The van der Waals surface area contributed by atoms with Gasteiger partial charge in [0.15, 0.2) is 0 Å². The molecule has 0 unspecified atom stereocenters. The first kappa shape index (κ1) is 30.4. The van der Waals surface area contributed by atoms with Gasteiger partial charge in [0.1, 0.15) is 5.69 Å². The predicted molar refractivity (Wildman–Crippen MR) is 151 cm³/mol. The molecule has 3 heterocycles. The van der Waals surface area contributed by atoms with Crippen molar-refractivity contribution in [1.82, 2.24) is 25.0 Å². The van der Waals surface area contributed by atoms with E-state index in [-0.39, 0.29) is 42.7 Å². The lowest BCUT2D eigenvalue weighted by Crippen LogP contribution is -2.53. The monoisotopic (exact) mass is 581 g/mol. The van der Waals surface area contributed by atoms with Gasteiger partial charge in [0.2, 0.25) is 5.91 Å². The Bertz CT molecular complexity index is 1170. The number of alkyl halides is 3. The number of halogens is 4. The molecule has 2 fully saturated rings. The Morgan fingerprint density at radius 1 is 1.07 bits per heavy atom. The van der Waals surface area contributed by atoms with Gasteiger partial charge in [0, 0.05) is 63.5 Å². The lowest BCUT2D eigenvalue weighted by Gasteiger charge is -2.38. The zero-order valence-corrected chi connectivity index (χ0v) is 23.7. The summed E-state index contributed by atoms with van der Waals surface area (Å²) in [6, 6.07) is 6.47. The normalized spacial score (nSPS) is 21.7. The van der Waals surface area contributed by atoms with Crippen molar-refractivity contribution >= 4 is 24.2 Å². The fraction of sp³-hybridized carbons (Fsp3) is 0.586. The number of carbonyl (C=O) groups excluding carboxylic acids is 2. The second-order valence-electron chi connectivity index (χ2n) is 11.3. The van der Waals surface area contributed by atoms with Crippen LogP contribution >= 0.6 is 12.4 Å². The van der Waals surface area contributed by atoms with Gasteiger partial charge in [0.05, 0.1) is 11.6 Å². The summed E-state index contributed by atoms with van der Waals surface area (Å²) in [7, 11) is 2.13. The molecule has 2 N–H and O–H groups in total. The molecule has 1 aromatic heterocycles. The number of fused-ring (bicyclic) bond motifs is 1. The smallest absolute Gasteiger partial charge is 0.352 e. The lowest BCUT2D eigenvalue weighted by molar-refractivity contribution is -0.137. The van der Waals surface area contributed by atoms with Gasteiger partial charge in [0.25, 0.3) is 5.91 Å². The summed E-state index contributed by atoms with van der Waals surface area (Å²) in [5.74, 6) is 0.115. The first-order chi connectivity index (χ1) is 18.7. The number of benzene rings is 1. The van der Waals surface area contributed by atoms with Crippen molar-refractivity contribution in [3.63, 3.8) is 0 Å². The average molecular weight is 582 g/mol. The number of hydrogen-bond acceptors (Lipinski definition) is 4. The highest BCUT2D eigenvalue weighted by Gasteiger charge is 2.33. The SMILES string of the molecule is CN1CCN(C[C@@H](NC(=O)C[C@H]2CNC(=O)c3cc(-c4cccc(C(F)(F)F)c4)cn32)C2CCCCC2)CC1.Cl. The average Bonchev–Trinajstić information content (AvgIpc) is 3.38. The molecule has 1 aliphatic carbocycles. The lowest BCUT2D eigenvalue weighted by atomic mass is 9.83. The summed E-state index contributed by atoms with van der Waals surface area (Å²) in [4.78, 5) is 30.8. The molecule has 7 nitrogen and oxygen atoms in total. The number of likely N-dealkylation sites (N-methyl/N-ethyl adjacent to an activating group) is 1. The molecule has 0 spiro atoms.